The highest BCUT2D eigenvalue weighted by Gasteiger charge is 2.44. The fraction of sp³-hybridized carbons (Fsp3) is 0.462. The lowest BCUT2D eigenvalue weighted by atomic mass is 9.88. The molecular formula is C26H34N6O7S2. The minimum absolute atomic E-state index is 0.00142. The van der Waals surface area contributed by atoms with Gasteiger partial charge >= 0.3 is 0 Å². The molecule has 41 heavy (non-hydrogen) atoms. The summed E-state index contributed by atoms with van der Waals surface area (Å²) in [6, 6.07) is 10.9. The molecule has 2 aliphatic rings. The molecule has 1 unspecified atom stereocenters. The number of anilines is 1. The quantitative estimate of drug-likeness (QED) is 0.251. The van der Waals surface area contributed by atoms with Crippen LogP contribution in [0.3, 0.4) is 0 Å². The van der Waals surface area contributed by atoms with E-state index in [1.54, 1.807) is 30.3 Å². The largest absolute Gasteiger partial charge is 0.491 e. The van der Waals surface area contributed by atoms with Crippen molar-refractivity contribution in [2.75, 3.05) is 45.6 Å². The number of aromatic nitrogens is 2. The predicted molar refractivity (Wildman–Crippen MR) is 151 cm³/mol. The zero-order valence-electron chi connectivity index (χ0n) is 22.6. The molecule has 4 heterocycles. The molecule has 5 N–H and O–H groups in total. The first-order valence-electron chi connectivity index (χ1n) is 13.2. The first-order chi connectivity index (χ1) is 19.5. The third-order valence-electron chi connectivity index (χ3n) is 7.49. The summed E-state index contributed by atoms with van der Waals surface area (Å²) >= 11 is 0. The Balaban J connectivity index is 1.10. The van der Waals surface area contributed by atoms with Crippen molar-refractivity contribution in [2.24, 2.45) is 0 Å². The molecule has 0 aliphatic carbocycles. The second-order valence-corrected chi connectivity index (χ2v) is 14.1. The summed E-state index contributed by atoms with van der Waals surface area (Å²) in [6.45, 7) is 1.34. The average molecular weight is 607 g/mol. The van der Waals surface area contributed by atoms with Gasteiger partial charge < -0.3 is 25.6 Å². The number of fused-ring (bicyclic) bond motifs is 1. The number of benzene rings is 1. The smallest absolute Gasteiger partial charge is 0.244 e. The number of nitrogens with two attached hydrogens (primary N) is 1. The van der Waals surface area contributed by atoms with E-state index in [1.165, 1.54) is 29.7 Å². The molecular weight excluding hydrogens is 572 g/mol. The monoisotopic (exact) mass is 606 g/mol. The molecule has 5 rings (SSSR count). The summed E-state index contributed by atoms with van der Waals surface area (Å²) in [5.41, 5.74) is 5.66. The van der Waals surface area contributed by atoms with E-state index in [0.29, 0.717) is 61.6 Å². The van der Waals surface area contributed by atoms with Gasteiger partial charge in [-0.2, -0.15) is 4.31 Å². The Morgan fingerprint density at radius 1 is 1.17 bits per heavy atom. The number of pyridine rings is 2. The first kappa shape index (κ1) is 29.6. The Morgan fingerprint density at radius 3 is 2.71 bits per heavy atom. The van der Waals surface area contributed by atoms with Gasteiger partial charge in [0.25, 0.3) is 0 Å². The fourth-order valence-electron chi connectivity index (χ4n) is 5.16. The molecule has 1 spiro atoms. The van der Waals surface area contributed by atoms with Crippen LogP contribution in [0.15, 0.2) is 58.5 Å². The van der Waals surface area contributed by atoms with E-state index in [9.17, 15) is 21.9 Å². The number of nitrogens with zero attached hydrogens (tertiary/aromatic N) is 3. The topological polar surface area (TPSA) is 186 Å². The Bertz CT molecular complexity index is 1610. The van der Waals surface area contributed by atoms with Crippen LogP contribution in [0.5, 0.6) is 5.75 Å². The second kappa shape index (κ2) is 11.8. The van der Waals surface area contributed by atoms with Crippen LogP contribution in [-0.4, -0.2) is 93.9 Å². The number of hydrogen-bond acceptors (Lipinski definition) is 11. The van der Waals surface area contributed by atoms with Crippen molar-refractivity contribution in [2.45, 2.75) is 46.8 Å². The van der Waals surface area contributed by atoms with Gasteiger partial charge in [0.2, 0.25) is 20.0 Å². The molecule has 0 amide bonds. The third kappa shape index (κ3) is 6.61. The summed E-state index contributed by atoms with van der Waals surface area (Å²) in [6.07, 6.45) is 2.30. The summed E-state index contributed by atoms with van der Waals surface area (Å²) < 4.78 is 66.0. The van der Waals surface area contributed by atoms with Gasteiger partial charge in [-0.15, -0.1) is 0 Å². The van der Waals surface area contributed by atoms with Crippen molar-refractivity contribution in [1.29, 1.82) is 0 Å². The third-order valence-corrected chi connectivity index (χ3v) is 10.8. The number of ether oxygens (including phenoxy) is 2. The molecule has 13 nitrogen and oxygen atoms in total. The number of piperidine rings is 1. The lowest BCUT2D eigenvalue weighted by Crippen LogP contribution is -2.47. The minimum atomic E-state index is -3.73. The van der Waals surface area contributed by atoms with Crippen molar-refractivity contribution < 1.29 is 31.4 Å². The number of aliphatic hydroxyl groups excluding tert-OH is 1. The fourth-order valence-corrected chi connectivity index (χ4v) is 7.34. The molecule has 2 atom stereocenters. The van der Waals surface area contributed by atoms with Gasteiger partial charge in [0, 0.05) is 43.3 Å². The number of nitrogens with one attached hydrogen (secondary N) is 2. The summed E-state index contributed by atoms with van der Waals surface area (Å²) in [7, 11) is -5.99. The number of rotatable bonds is 10. The zero-order chi connectivity index (χ0) is 29.3. The SMILES string of the molecule is CNS(=O)(=O)c1cccc(OCC(O)CN[C@H]2COC3(CCN(S(=O)(=O)c4cnc5nc(N)ccc5c4)CC3)C2)c1. The van der Waals surface area contributed by atoms with Crippen molar-refractivity contribution in [3.8, 4) is 5.75 Å². The van der Waals surface area contributed by atoms with Crippen molar-refractivity contribution in [1.82, 2.24) is 24.3 Å². The van der Waals surface area contributed by atoms with Gasteiger partial charge in [-0.25, -0.2) is 31.5 Å². The first-order valence-corrected chi connectivity index (χ1v) is 16.2. The number of aliphatic hydroxyl groups is 1. The van der Waals surface area contributed by atoms with Gasteiger partial charge in [0.1, 0.15) is 29.2 Å². The zero-order valence-corrected chi connectivity index (χ0v) is 24.2. The minimum Gasteiger partial charge on any atom is -0.491 e. The Hall–Kier alpha value is -2.92. The second-order valence-electron chi connectivity index (χ2n) is 10.3. The van der Waals surface area contributed by atoms with E-state index in [4.69, 9.17) is 15.2 Å². The summed E-state index contributed by atoms with van der Waals surface area (Å²) in [5.74, 6) is 0.658. The van der Waals surface area contributed by atoms with Crippen LogP contribution in [-0.2, 0) is 24.8 Å². The van der Waals surface area contributed by atoms with E-state index in [-0.39, 0.29) is 29.0 Å². The maximum atomic E-state index is 13.3. The lowest BCUT2D eigenvalue weighted by Gasteiger charge is -2.38. The van der Waals surface area contributed by atoms with E-state index in [2.05, 4.69) is 20.0 Å². The molecule has 2 fully saturated rings. The highest BCUT2D eigenvalue weighted by atomic mass is 32.2. The van der Waals surface area contributed by atoms with E-state index in [1.807, 2.05) is 0 Å². The lowest BCUT2D eigenvalue weighted by molar-refractivity contribution is -0.0312. The van der Waals surface area contributed by atoms with Crippen molar-refractivity contribution >= 4 is 36.9 Å². The molecule has 1 aromatic carbocycles. The number of sulfonamides is 2. The van der Waals surface area contributed by atoms with Crippen molar-refractivity contribution in [3.05, 3.63) is 48.7 Å². The molecule has 0 radical (unpaired) electrons. The van der Waals surface area contributed by atoms with Gasteiger partial charge in [-0.3, -0.25) is 0 Å². The normalized spacial score (nSPS) is 20.4. The molecule has 2 saturated heterocycles. The van der Waals surface area contributed by atoms with Gasteiger partial charge in [-0.05, 0) is 56.6 Å². The highest BCUT2D eigenvalue weighted by Crippen LogP contribution is 2.37. The van der Waals surface area contributed by atoms with Crippen LogP contribution in [0.25, 0.3) is 11.0 Å². The van der Waals surface area contributed by atoms with Crippen molar-refractivity contribution in [3.63, 3.8) is 0 Å². The molecule has 3 aromatic rings. The molecule has 222 valence electrons. The van der Waals surface area contributed by atoms with Gasteiger partial charge in [0.15, 0.2) is 5.65 Å². The maximum Gasteiger partial charge on any atom is 0.244 e. The average Bonchev–Trinajstić information content (AvgIpc) is 3.37. The van der Waals surface area contributed by atoms with Crippen LogP contribution in [0.1, 0.15) is 19.3 Å². The number of nitrogen functional groups attached to an aromatic ring is 1. The Kier molecular flexibility index (Phi) is 8.48. The van der Waals surface area contributed by atoms with Crippen LogP contribution < -0.4 is 20.5 Å². The van der Waals surface area contributed by atoms with Crippen LogP contribution >= 0.6 is 0 Å². The maximum absolute atomic E-state index is 13.3. The molecule has 2 aromatic heterocycles. The molecule has 2 aliphatic heterocycles. The highest BCUT2D eigenvalue weighted by molar-refractivity contribution is 7.89. The Morgan fingerprint density at radius 2 is 1.95 bits per heavy atom. The standard InChI is InChI=1S/C26H34N6O7S2/c1-28-40(34,35)22-4-2-3-21(12-22)38-17-20(33)14-29-19-13-26(39-16-19)7-9-32(10-8-26)41(36,37)23-11-18-5-6-24(27)31-25(18)30-15-23/h2-6,11-12,15,19-20,28-29,33H,7-10,13-14,16-17H2,1H3,(H2,27,30,31)/t19-,20?/m1/s1. The van der Waals surface area contributed by atoms with Gasteiger partial charge in [0.05, 0.1) is 17.1 Å². The molecule has 0 saturated carbocycles. The summed E-state index contributed by atoms with van der Waals surface area (Å²) in [5, 5.41) is 14.3. The Labute approximate surface area is 239 Å². The predicted octanol–water partition coefficient (Wildman–Crippen LogP) is 0.462. The van der Waals surface area contributed by atoms with E-state index in [0.717, 1.165) is 0 Å². The van der Waals surface area contributed by atoms with E-state index >= 15 is 0 Å². The van der Waals surface area contributed by atoms with Crippen LogP contribution in [0.4, 0.5) is 5.82 Å². The number of hydrogen-bond donors (Lipinski definition) is 4. The van der Waals surface area contributed by atoms with Crippen LogP contribution in [0.2, 0.25) is 0 Å². The molecule has 15 heteroatoms. The van der Waals surface area contributed by atoms with Crippen LogP contribution in [0, 0.1) is 0 Å². The molecule has 0 bridgehead atoms. The van der Waals surface area contributed by atoms with E-state index < -0.39 is 31.8 Å². The summed E-state index contributed by atoms with van der Waals surface area (Å²) in [4.78, 5) is 8.50. The van der Waals surface area contributed by atoms with Gasteiger partial charge in [-0.1, -0.05) is 6.07 Å².